The van der Waals surface area contributed by atoms with Crippen LogP contribution in [0.25, 0.3) is 0 Å². The average Bonchev–Trinajstić information content (AvgIpc) is 2.91. The fourth-order valence-electron chi connectivity index (χ4n) is 5.93. The van der Waals surface area contributed by atoms with E-state index in [4.69, 9.17) is 13.0 Å². The van der Waals surface area contributed by atoms with Crippen LogP contribution in [-0.2, 0) is 10.1 Å². The highest BCUT2D eigenvalue weighted by Gasteiger charge is 2.34. The van der Waals surface area contributed by atoms with Gasteiger partial charge in [-0.2, -0.15) is 0 Å². The zero-order valence-corrected chi connectivity index (χ0v) is 30.0. The number of unbranched alkanes of at least 4 members (excludes halogenated alkanes) is 22. The molecular weight excluding hydrogens is 531 g/mol. The van der Waals surface area contributed by atoms with Gasteiger partial charge in [0.2, 0.25) is 0 Å². The molecule has 0 saturated heterocycles. The highest BCUT2D eigenvalue weighted by molar-refractivity contribution is 7.84. The molecule has 3 nitrogen and oxygen atoms in total. The molecule has 5 heteroatoms. The van der Waals surface area contributed by atoms with Crippen LogP contribution in [0.15, 0.2) is 0 Å². The van der Waals surface area contributed by atoms with Crippen LogP contribution >= 0.6 is 7.26 Å². The van der Waals surface area contributed by atoms with Crippen molar-refractivity contribution in [2.45, 2.75) is 195 Å². The number of rotatable bonds is 30. The van der Waals surface area contributed by atoms with Crippen molar-refractivity contribution in [3.63, 3.8) is 0 Å². The fourth-order valence-corrected chi connectivity index (χ4v) is 10.9. The molecule has 0 aliphatic heterocycles. The summed E-state index contributed by atoms with van der Waals surface area (Å²) in [6.07, 6.45) is 45.7. The molecule has 0 N–H and O–H groups in total. The summed E-state index contributed by atoms with van der Waals surface area (Å²) in [5, 5.41) is 0. The Kier molecular flexibility index (Phi) is 34.3. The van der Waals surface area contributed by atoms with Crippen LogP contribution in [0.3, 0.4) is 0 Å². The van der Waals surface area contributed by atoms with Crippen molar-refractivity contribution in [1.82, 2.24) is 0 Å². The lowest BCUT2D eigenvalue weighted by molar-refractivity contribution is 0.470. The Labute approximate surface area is 255 Å². The van der Waals surface area contributed by atoms with Crippen LogP contribution in [0.2, 0.25) is 0 Å². The second kappa shape index (κ2) is 32.3. The Bertz CT molecular complexity index is 540. The molecule has 0 radical (unpaired) electrons. The molecule has 0 bridgehead atoms. The van der Waals surface area contributed by atoms with Crippen molar-refractivity contribution < 1.29 is 13.0 Å². The molecule has 0 heterocycles. The highest BCUT2D eigenvalue weighted by atomic mass is 32.2. The summed E-state index contributed by atoms with van der Waals surface area (Å²) in [4.78, 5) is 0. The molecule has 0 rings (SSSR count). The third-order valence-corrected chi connectivity index (χ3v) is 13.5. The van der Waals surface area contributed by atoms with E-state index < -0.39 is 17.4 Å². The summed E-state index contributed by atoms with van der Waals surface area (Å²) in [5.41, 5.74) is 0. The Hall–Kier alpha value is 0.340. The third kappa shape index (κ3) is 36.4. The topological polar surface area (TPSA) is 57.2 Å². The molecule has 0 aliphatic rings. The minimum Gasteiger partial charge on any atom is -0.748 e. The van der Waals surface area contributed by atoms with E-state index >= 15 is 0 Å². The van der Waals surface area contributed by atoms with Gasteiger partial charge in [0.15, 0.2) is 0 Å². The Morgan fingerprint density at radius 1 is 0.375 bits per heavy atom. The zero-order chi connectivity index (χ0) is 30.2. The molecule has 0 aromatic rings. The SMILES string of the molecule is CCCCCCCCCCCCCCCC[P+](CCCCCC)(CCCCCC)CCCCCC.CS(=O)(=O)[O-]. The molecule has 0 unspecified atom stereocenters. The van der Waals surface area contributed by atoms with Gasteiger partial charge >= 0.3 is 0 Å². The van der Waals surface area contributed by atoms with E-state index in [9.17, 15) is 0 Å². The van der Waals surface area contributed by atoms with Gasteiger partial charge in [0.25, 0.3) is 0 Å². The van der Waals surface area contributed by atoms with Gasteiger partial charge in [0.1, 0.15) is 0 Å². The van der Waals surface area contributed by atoms with Crippen LogP contribution in [0.5, 0.6) is 0 Å². The van der Waals surface area contributed by atoms with Crippen LogP contribution in [0.4, 0.5) is 0 Å². The predicted molar refractivity (Wildman–Crippen MR) is 185 cm³/mol. The standard InChI is InChI=1S/C34H72P.CH4O3S/c1-5-9-13-17-18-19-20-21-22-23-24-25-26-30-34-35(31-27-14-10-6-2,32-28-15-11-7-3)33-29-16-12-8-4;1-5(2,3)4/h5-34H2,1-4H3;1H3,(H,2,3,4)/q+1;/p-1. The maximum atomic E-state index is 9.08. The zero-order valence-electron chi connectivity index (χ0n) is 28.3. The molecule has 0 saturated carbocycles. The first-order valence-electron chi connectivity index (χ1n) is 18.0. The van der Waals surface area contributed by atoms with Crippen molar-refractivity contribution in [1.29, 1.82) is 0 Å². The van der Waals surface area contributed by atoms with E-state index in [1.165, 1.54) is 141 Å². The maximum absolute atomic E-state index is 9.08. The first-order chi connectivity index (χ1) is 19.2. The van der Waals surface area contributed by atoms with Gasteiger partial charge in [-0.25, -0.2) is 8.42 Å². The van der Waals surface area contributed by atoms with Gasteiger partial charge in [-0.3, -0.25) is 0 Å². The summed E-state index contributed by atoms with van der Waals surface area (Å²) in [6, 6.07) is 0. The maximum Gasteiger partial charge on any atom is 0.0916 e. The second-order valence-electron chi connectivity index (χ2n) is 12.7. The lowest BCUT2D eigenvalue weighted by Crippen LogP contribution is -2.13. The van der Waals surface area contributed by atoms with Gasteiger partial charge in [0, 0.05) is 13.5 Å². The molecule has 0 spiro atoms. The minimum absolute atomic E-state index is 0.604. The molecule has 0 aliphatic carbocycles. The smallest absolute Gasteiger partial charge is 0.0916 e. The first kappa shape index (κ1) is 42.5. The summed E-state index contributed by atoms with van der Waals surface area (Å²) in [5.74, 6) is 0. The molecule has 244 valence electrons. The van der Waals surface area contributed by atoms with Gasteiger partial charge in [-0.15, -0.1) is 0 Å². The molecule has 0 amide bonds. The fraction of sp³-hybridized carbons (Fsp3) is 1.00. The van der Waals surface area contributed by atoms with Crippen molar-refractivity contribution >= 4 is 17.4 Å². The van der Waals surface area contributed by atoms with Gasteiger partial charge in [0.05, 0.1) is 34.8 Å². The summed E-state index contributed by atoms with van der Waals surface area (Å²) >= 11 is 0. The molecule has 40 heavy (non-hydrogen) atoms. The van der Waals surface area contributed by atoms with E-state index in [2.05, 4.69) is 27.7 Å². The van der Waals surface area contributed by atoms with Gasteiger partial charge in [-0.1, -0.05) is 143 Å². The quantitative estimate of drug-likeness (QED) is 0.0464. The summed E-state index contributed by atoms with van der Waals surface area (Å²) in [6.45, 7) is 9.42. The lowest BCUT2D eigenvalue weighted by atomic mass is 10.0. The van der Waals surface area contributed by atoms with Crippen LogP contribution < -0.4 is 0 Å². The minimum atomic E-state index is -3.92. The first-order valence-corrected chi connectivity index (χ1v) is 22.3. The Morgan fingerprint density at radius 3 is 0.725 bits per heavy atom. The predicted octanol–water partition coefficient (Wildman–Crippen LogP) is 12.4. The molecule has 0 aromatic heterocycles. The van der Waals surface area contributed by atoms with Crippen molar-refractivity contribution in [2.75, 3.05) is 30.9 Å². The van der Waals surface area contributed by atoms with E-state index in [0.717, 1.165) is 0 Å². The molecule has 0 aromatic carbocycles. The van der Waals surface area contributed by atoms with Crippen LogP contribution in [0.1, 0.15) is 195 Å². The lowest BCUT2D eigenvalue weighted by Gasteiger charge is -2.28. The Morgan fingerprint density at radius 2 is 0.525 bits per heavy atom. The number of hydrogen-bond donors (Lipinski definition) is 0. The van der Waals surface area contributed by atoms with Crippen LogP contribution in [-0.4, -0.2) is 43.9 Å². The Balaban J connectivity index is 0. The van der Waals surface area contributed by atoms with Crippen LogP contribution in [0, 0.1) is 0 Å². The second-order valence-corrected chi connectivity index (χ2v) is 18.6. The van der Waals surface area contributed by atoms with E-state index in [-0.39, 0.29) is 0 Å². The molecular formula is C35H75O3PS. The summed E-state index contributed by atoms with van der Waals surface area (Å²) in [7, 11) is -4.62. The van der Waals surface area contributed by atoms with E-state index in [0.29, 0.717) is 6.26 Å². The third-order valence-electron chi connectivity index (χ3n) is 8.44. The largest absolute Gasteiger partial charge is 0.748 e. The monoisotopic (exact) mass is 607 g/mol. The van der Waals surface area contributed by atoms with E-state index in [1.54, 1.807) is 50.3 Å². The molecule has 0 atom stereocenters. The highest BCUT2D eigenvalue weighted by Crippen LogP contribution is 2.61. The van der Waals surface area contributed by atoms with Gasteiger partial charge < -0.3 is 4.55 Å². The van der Waals surface area contributed by atoms with Crippen molar-refractivity contribution in [2.24, 2.45) is 0 Å². The van der Waals surface area contributed by atoms with Crippen molar-refractivity contribution in [3.05, 3.63) is 0 Å². The van der Waals surface area contributed by atoms with E-state index in [1.807, 2.05) is 0 Å². The summed E-state index contributed by atoms with van der Waals surface area (Å²) < 4.78 is 27.2. The van der Waals surface area contributed by atoms with Crippen molar-refractivity contribution in [3.8, 4) is 0 Å². The average molecular weight is 607 g/mol. The van der Waals surface area contributed by atoms with Gasteiger partial charge in [-0.05, 0) is 51.4 Å². The normalized spacial score (nSPS) is 11.9. The number of hydrogen-bond acceptors (Lipinski definition) is 3. The molecule has 0 fully saturated rings.